The summed E-state index contributed by atoms with van der Waals surface area (Å²) < 4.78 is 18.7. The molecule has 0 unspecified atom stereocenters. The second kappa shape index (κ2) is 7.55. The maximum absolute atomic E-state index is 12.5. The third-order valence-corrected chi connectivity index (χ3v) is 11.9. The van der Waals surface area contributed by atoms with Crippen molar-refractivity contribution in [3.8, 4) is 0 Å². The highest BCUT2D eigenvalue weighted by Gasteiger charge is 2.76. The van der Waals surface area contributed by atoms with Gasteiger partial charge in [-0.1, -0.05) is 39.3 Å². The number of allylic oxidation sites excluding steroid dienone is 1. The minimum absolute atomic E-state index is 0.00602. The Labute approximate surface area is 205 Å². The Kier molecular flexibility index (Phi) is 5.22. The quantitative estimate of drug-likeness (QED) is 0.409. The standard InChI is InChI=1S/C29H44O5/c1-17-8-13-28(32-16-17)18(2)29(31)25(34-28)15-24-22-7-6-20-14-21(33-19(3)30)9-11-26(20,4)23(22)10-12-27(24,29)5/h6,17-18,21-25,31H,7-16H2,1-5H3/t17-,18+,21+,22+,23-,24-,25-,26+,27+,28-,29+/m1/s1. The largest absolute Gasteiger partial charge is 0.462 e. The molecule has 0 radical (unpaired) electrons. The van der Waals surface area contributed by atoms with Crippen molar-refractivity contribution in [1.29, 1.82) is 0 Å². The number of carbonyl (C=O) groups is 1. The number of hydrogen-bond donors (Lipinski definition) is 1. The molecule has 0 aromatic carbocycles. The van der Waals surface area contributed by atoms with Crippen molar-refractivity contribution in [3.05, 3.63) is 11.6 Å². The smallest absolute Gasteiger partial charge is 0.302 e. The molecule has 5 nitrogen and oxygen atoms in total. The molecule has 5 fully saturated rings. The topological polar surface area (TPSA) is 65.0 Å². The summed E-state index contributed by atoms with van der Waals surface area (Å²) >= 11 is 0. The molecule has 6 rings (SSSR count). The first-order valence-electron chi connectivity index (χ1n) is 13.9. The van der Waals surface area contributed by atoms with Gasteiger partial charge in [-0.25, -0.2) is 0 Å². The van der Waals surface area contributed by atoms with Gasteiger partial charge in [0, 0.05) is 31.1 Å². The van der Waals surface area contributed by atoms with Gasteiger partial charge in [0.1, 0.15) is 11.7 Å². The molecule has 4 aliphatic carbocycles. The Hall–Kier alpha value is -0.910. The van der Waals surface area contributed by atoms with Crippen molar-refractivity contribution in [2.75, 3.05) is 6.61 Å². The van der Waals surface area contributed by atoms with E-state index in [0.717, 1.165) is 64.4 Å². The zero-order valence-electron chi connectivity index (χ0n) is 21.8. The van der Waals surface area contributed by atoms with Gasteiger partial charge in [-0.15, -0.1) is 0 Å². The average molecular weight is 473 g/mol. The SMILES string of the molecule is CC(=O)O[C@H]1CC[C@@]2(C)C(=CC[C@H]3[C@H]2CC[C@@]2(C)[C@@H]3C[C@H]3O[C@]4(CC[C@@H](C)CO4)[C@H](C)[C@]32O)C1. The highest BCUT2D eigenvalue weighted by molar-refractivity contribution is 5.66. The van der Waals surface area contributed by atoms with Gasteiger partial charge in [-0.05, 0) is 74.0 Å². The average Bonchev–Trinajstić information content (AvgIpc) is 3.14. The fourth-order valence-corrected chi connectivity index (χ4v) is 9.90. The molecule has 2 saturated heterocycles. The number of fused-ring (bicyclic) bond motifs is 7. The van der Waals surface area contributed by atoms with Crippen molar-refractivity contribution in [3.63, 3.8) is 0 Å². The van der Waals surface area contributed by atoms with Crippen molar-refractivity contribution < 1.29 is 24.1 Å². The van der Waals surface area contributed by atoms with Crippen LogP contribution in [0.4, 0.5) is 0 Å². The van der Waals surface area contributed by atoms with Crippen LogP contribution in [-0.2, 0) is 19.0 Å². The van der Waals surface area contributed by atoms with E-state index in [1.54, 1.807) is 0 Å². The zero-order valence-corrected chi connectivity index (χ0v) is 21.8. The predicted molar refractivity (Wildman–Crippen MR) is 129 cm³/mol. The maximum Gasteiger partial charge on any atom is 0.302 e. The minimum atomic E-state index is -0.818. The van der Waals surface area contributed by atoms with Crippen LogP contribution in [0.25, 0.3) is 0 Å². The van der Waals surface area contributed by atoms with E-state index in [4.69, 9.17) is 14.2 Å². The lowest BCUT2D eigenvalue weighted by Crippen LogP contribution is -2.59. The van der Waals surface area contributed by atoms with Crippen LogP contribution >= 0.6 is 0 Å². The third kappa shape index (κ3) is 2.93. The van der Waals surface area contributed by atoms with Gasteiger partial charge in [0.05, 0.1) is 12.7 Å². The van der Waals surface area contributed by atoms with Crippen molar-refractivity contribution in [2.24, 2.45) is 40.4 Å². The lowest BCUT2D eigenvalue weighted by atomic mass is 9.46. The molecule has 34 heavy (non-hydrogen) atoms. The molecular weight excluding hydrogens is 428 g/mol. The number of hydrogen-bond acceptors (Lipinski definition) is 5. The summed E-state index contributed by atoms with van der Waals surface area (Å²) in [5.41, 5.74) is 0.753. The fourth-order valence-electron chi connectivity index (χ4n) is 9.90. The van der Waals surface area contributed by atoms with Gasteiger partial charge in [-0.2, -0.15) is 0 Å². The molecule has 3 saturated carbocycles. The molecule has 190 valence electrons. The van der Waals surface area contributed by atoms with Gasteiger partial charge >= 0.3 is 5.97 Å². The van der Waals surface area contributed by atoms with Crippen LogP contribution in [0.1, 0.15) is 92.4 Å². The predicted octanol–water partition coefficient (Wildman–Crippen LogP) is 5.40. The molecule has 0 bridgehead atoms. The van der Waals surface area contributed by atoms with Crippen LogP contribution in [0.15, 0.2) is 11.6 Å². The van der Waals surface area contributed by atoms with Crippen molar-refractivity contribution in [1.82, 2.24) is 0 Å². The summed E-state index contributed by atoms with van der Waals surface area (Å²) in [5.74, 6) is 1.50. The summed E-state index contributed by atoms with van der Waals surface area (Å²) in [6.45, 7) is 11.5. The third-order valence-electron chi connectivity index (χ3n) is 11.9. The van der Waals surface area contributed by atoms with E-state index >= 15 is 0 Å². The Morgan fingerprint density at radius 1 is 1.12 bits per heavy atom. The zero-order chi connectivity index (χ0) is 24.1. The number of rotatable bonds is 1. The molecule has 0 amide bonds. The Bertz CT molecular complexity index is 889. The van der Waals surface area contributed by atoms with E-state index in [1.807, 2.05) is 0 Å². The van der Waals surface area contributed by atoms with Crippen LogP contribution in [0.5, 0.6) is 0 Å². The summed E-state index contributed by atoms with van der Waals surface area (Å²) in [4.78, 5) is 11.5. The lowest BCUT2D eigenvalue weighted by molar-refractivity contribution is -0.274. The van der Waals surface area contributed by atoms with Gasteiger partial charge in [0.25, 0.3) is 0 Å². The van der Waals surface area contributed by atoms with Gasteiger partial charge in [0.2, 0.25) is 0 Å². The van der Waals surface area contributed by atoms with E-state index in [9.17, 15) is 9.90 Å². The summed E-state index contributed by atoms with van der Waals surface area (Å²) in [5, 5.41) is 12.5. The van der Waals surface area contributed by atoms with E-state index < -0.39 is 11.4 Å². The number of carbonyl (C=O) groups excluding carboxylic acids is 1. The van der Waals surface area contributed by atoms with Gasteiger partial charge < -0.3 is 19.3 Å². The first-order chi connectivity index (χ1) is 16.0. The number of ether oxygens (including phenoxy) is 3. The molecule has 0 aromatic heterocycles. The van der Waals surface area contributed by atoms with Crippen LogP contribution in [0.3, 0.4) is 0 Å². The molecule has 1 N–H and O–H groups in total. The first kappa shape index (κ1) is 23.5. The summed E-state index contributed by atoms with van der Waals surface area (Å²) in [6.07, 6.45) is 11.6. The fraction of sp³-hybridized carbons (Fsp3) is 0.897. The number of aliphatic hydroxyl groups is 1. The van der Waals surface area contributed by atoms with Gasteiger partial charge in [-0.3, -0.25) is 4.79 Å². The van der Waals surface area contributed by atoms with Crippen molar-refractivity contribution in [2.45, 2.75) is 116 Å². The molecule has 2 heterocycles. The van der Waals surface area contributed by atoms with Crippen LogP contribution in [0.2, 0.25) is 0 Å². The van der Waals surface area contributed by atoms with Crippen LogP contribution in [0, 0.1) is 40.4 Å². The van der Waals surface area contributed by atoms with Crippen LogP contribution in [-0.4, -0.2) is 41.3 Å². The van der Waals surface area contributed by atoms with Gasteiger partial charge in [0.15, 0.2) is 5.79 Å². The Balaban J connectivity index is 1.27. The molecule has 11 atom stereocenters. The summed E-state index contributed by atoms with van der Waals surface area (Å²) in [7, 11) is 0. The normalized spacial score (nSPS) is 56.2. The first-order valence-corrected chi connectivity index (χ1v) is 13.9. The molecular formula is C29H44O5. The van der Waals surface area contributed by atoms with E-state index in [1.165, 1.54) is 12.5 Å². The second-order valence-electron chi connectivity index (χ2n) is 13.3. The molecule has 0 aromatic rings. The van der Waals surface area contributed by atoms with Crippen molar-refractivity contribution >= 4 is 5.97 Å². The summed E-state index contributed by atoms with van der Waals surface area (Å²) in [6, 6.07) is 0. The van der Waals surface area contributed by atoms with Crippen LogP contribution < -0.4 is 0 Å². The number of esters is 1. The molecule has 2 aliphatic heterocycles. The lowest BCUT2D eigenvalue weighted by Gasteiger charge is -2.59. The highest BCUT2D eigenvalue weighted by atomic mass is 16.7. The molecule has 5 heteroatoms. The Morgan fingerprint density at radius 2 is 1.91 bits per heavy atom. The second-order valence-corrected chi connectivity index (χ2v) is 13.3. The minimum Gasteiger partial charge on any atom is -0.462 e. The Morgan fingerprint density at radius 3 is 2.62 bits per heavy atom. The molecule has 1 spiro atoms. The monoisotopic (exact) mass is 472 g/mol. The van der Waals surface area contributed by atoms with E-state index in [-0.39, 0.29) is 34.9 Å². The highest BCUT2D eigenvalue weighted by Crippen LogP contribution is 2.72. The maximum atomic E-state index is 12.5. The van der Waals surface area contributed by atoms with E-state index in [2.05, 4.69) is 33.8 Å². The molecule has 6 aliphatic rings. The van der Waals surface area contributed by atoms with E-state index in [0.29, 0.717) is 23.7 Å².